The van der Waals surface area contributed by atoms with Crippen molar-refractivity contribution >= 4 is 28.1 Å². The predicted octanol–water partition coefficient (Wildman–Crippen LogP) is 7.02. The first kappa shape index (κ1) is 23.1. The molecule has 3 aromatic carbocycles. The number of hydrogen-bond acceptors (Lipinski definition) is 3. The maximum atomic E-state index is 12.9. The number of carbonyl (C=O) groups is 1. The van der Waals surface area contributed by atoms with Gasteiger partial charge in [0.2, 0.25) is 5.91 Å². The van der Waals surface area contributed by atoms with E-state index in [0.29, 0.717) is 13.2 Å². The van der Waals surface area contributed by atoms with Crippen LogP contribution in [0.5, 0.6) is 5.75 Å². The molecule has 34 heavy (non-hydrogen) atoms. The van der Waals surface area contributed by atoms with Gasteiger partial charge in [0, 0.05) is 11.3 Å². The Kier molecular flexibility index (Phi) is 7.28. The second kappa shape index (κ2) is 10.7. The number of carbonyl (C=O) groups excluding carboxylic acids is 1. The van der Waals surface area contributed by atoms with Crippen molar-refractivity contribution < 1.29 is 14.3 Å². The van der Waals surface area contributed by atoms with Crippen molar-refractivity contribution in [3.8, 4) is 5.75 Å². The molecule has 1 unspecified atom stereocenters. The molecule has 1 heterocycles. The van der Waals surface area contributed by atoms with Gasteiger partial charge < -0.3 is 14.8 Å². The highest BCUT2D eigenvalue weighted by molar-refractivity contribution is 5.96. The summed E-state index contributed by atoms with van der Waals surface area (Å²) >= 11 is 0. The van der Waals surface area contributed by atoms with Crippen molar-refractivity contribution in [2.24, 2.45) is 0 Å². The molecular weight excluding hydrogens is 422 g/mol. The number of nitrogens with one attached hydrogen (secondary N) is 1. The monoisotopic (exact) mass is 451 g/mol. The predicted molar refractivity (Wildman–Crippen MR) is 140 cm³/mol. The quantitative estimate of drug-likeness (QED) is 0.438. The van der Waals surface area contributed by atoms with Crippen LogP contribution in [0.25, 0.3) is 16.5 Å². The summed E-state index contributed by atoms with van der Waals surface area (Å²) in [6, 6.07) is 19.8. The molecule has 0 aliphatic carbocycles. The third-order valence-electron chi connectivity index (χ3n) is 5.69. The summed E-state index contributed by atoms with van der Waals surface area (Å²) < 4.78 is 11.5. The van der Waals surface area contributed by atoms with E-state index in [1.165, 1.54) is 0 Å². The van der Waals surface area contributed by atoms with Crippen LogP contribution in [0.15, 0.2) is 103 Å². The summed E-state index contributed by atoms with van der Waals surface area (Å²) in [4.78, 5) is 12.9. The Morgan fingerprint density at radius 3 is 2.62 bits per heavy atom. The van der Waals surface area contributed by atoms with Crippen LogP contribution in [0.2, 0.25) is 0 Å². The van der Waals surface area contributed by atoms with Crippen molar-refractivity contribution in [2.45, 2.75) is 19.8 Å². The van der Waals surface area contributed by atoms with E-state index in [9.17, 15) is 4.79 Å². The fourth-order valence-corrected chi connectivity index (χ4v) is 3.76. The molecule has 4 nitrogen and oxygen atoms in total. The zero-order chi connectivity index (χ0) is 23.9. The second-order valence-electron chi connectivity index (χ2n) is 8.17. The SMILES string of the molecule is C=C1/C=C\C=C/CO/C(c2ccc(NC(=O)C(C)c3ccc4cc(OCC)ccc4c3)cc2)=C\1. The van der Waals surface area contributed by atoms with Crippen LogP contribution < -0.4 is 10.1 Å². The molecule has 1 aliphatic heterocycles. The number of ether oxygens (including phenoxy) is 2. The van der Waals surface area contributed by atoms with Crippen molar-refractivity contribution in [3.63, 3.8) is 0 Å². The number of allylic oxidation sites excluding steroid dienone is 5. The van der Waals surface area contributed by atoms with Crippen molar-refractivity contribution in [1.82, 2.24) is 0 Å². The van der Waals surface area contributed by atoms with E-state index in [0.717, 1.165) is 44.7 Å². The van der Waals surface area contributed by atoms with Gasteiger partial charge in [0.25, 0.3) is 0 Å². The molecule has 1 amide bonds. The lowest BCUT2D eigenvalue weighted by atomic mass is 9.97. The zero-order valence-electron chi connectivity index (χ0n) is 19.6. The van der Waals surface area contributed by atoms with Crippen LogP contribution in [0.3, 0.4) is 0 Å². The Morgan fingerprint density at radius 2 is 1.82 bits per heavy atom. The molecule has 1 aliphatic rings. The fourth-order valence-electron chi connectivity index (χ4n) is 3.76. The average molecular weight is 452 g/mol. The summed E-state index contributed by atoms with van der Waals surface area (Å²) in [5.74, 6) is 1.25. The summed E-state index contributed by atoms with van der Waals surface area (Å²) in [6.07, 6.45) is 9.68. The van der Waals surface area contributed by atoms with E-state index in [1.807, 2.05) is 98.8 Å². The van der Waals surface area contributed by atoms with E-state index in [1.54, 1.807) is 0 Å². The lowest BCUT2D eigenvalue weighted by molar-refractivity contribution is -0.117. The van der Waals surface area contributed by atoms with Gasteiger partial charge in [0.05, 0.1) is 12.5 Å². The minimum Gasteiger partial charge on any atom is -0.494 e. The molecule has 0 spiro atoms. The van der Waals surface area contributed by atoms with Crippen molar-refractivity contribution in [1.29, 1.82) is 0 Å². The van der Waals surface area contributed by atoms with Crippen LogP contribution in [-0.2, 0) is 9.53 Å². The molecule has 4 heteroatoms. The molecule has 0 saturated heterocycles. The number of hydrogen-bond donors (Lipinski definition) is 1. The maximum absolute atomic E-state index is 12.9. The molecule has 4 rings (SSSR count). The first-order valence-corrected chi connectivity index (χ1v) is 11.5. The minimum atomic E-state index is -0.294. The first-order chi connectivity index (χ1) is 16.5. The molecule has 1 N–H and O–H groups in total. The van der Waals surface area contributed by atoms with E-state index in [2.05, 4.69) is 18.0 Å². The van der Waals surface area contributed by atoms with Gasteiger partial charge in [-0.05, 0) is 84.3 Å². The first-order valence-electron chi connectivity index (χ1n) is 11.5. The molecule has 172 valence electrons. The fraction of sp³-hybridized carbons (Fsp3) is 0.167. The number of rotatable bonds is 6. The third-order valence-corrected chi connectivity index (χ3v) is 5.69. The smallest absolute Gasteiger partial charge is 0.231 e. The Labute approximate surface area is 200 Å². The van der Waals surface area contributed by atoms with Crippen LogP contribution in [0.1, 0.15) is 30.9 Å². The highest BCUT2D eigenvalue weighted by Gasteiger charge is 2.16. The molecule has 0 bridgehead atoms. The Bertz CT molecular complexity index is 1280. The van der Waals surface area contributed by atoms with E-state index >= 15 is 0 Å². The average Bonchev–Trinajstić information content (AvgIpc) is 2.95. The Hall–Kier alpha value is -4.05. The van der Waals surface area contributed by atoms with E-state index in [-0.39, 0.29) is 11.8 Å². The topological polar surface area (TPSA) is 47.6 Å². The molecule has 0 radical (unpaired) electrons. The molecule has 0 fully saturated rings. The molecule has 1 atom stereocenters. The van der Waals surface area contributed by atoms with Gasteiger partial charge in [-0.2, -0.15) is 0 Å². The van der Waals surface area contributed by atoms with Gasteiger partial charge in [-0.15, -0.1) is 0 Å². The van der Waals surface area contributed by atoms with Gasteiger partial charge in [-0.25, -0.2) is 0 Å². The van der Waals surface area contributed by atoms with Gasteiger partial charge >= 0.3 is 0 Å². The summed E-state index contributed by atoms with van der Waals surface area (Å²) in [6.45, 7) is 9.04. The molecule has 3 aromatic rings. The van der Waals surface area contributed by atoms with Crippen LogP contribution in [-0.4, -0.2) is 19.1 Å². The summed E-state index contributed by atoms with van der Waals surface area (Å²) in [5, 5.41) is 5.20. The van der Waals surface area contributed by atoms with Crippen LogP contribution >= 0.6 is 0 Å². The summed E-state index contributed by atoms with van der Waals surface area (Å²) in [5.41, 5.74) is 3.49. The third kappa shape index (κ3) is 5.65. The van der Waals surface area contributed by atoms with Crippen molar-refractivity contribution in [2.75, 3.05) is 18.5 Å². The van der Waals surface area contributed by atoms with E-state index in [4.69, 9.17) is 9.47 Å². The largest absolute Gasteiger partial charge is 0.494 e. The molecule has 0 saturated carbocycles. The molecular formula is C30H29NO3. The highest BCUT2D eigenvalue weighted by atomic mass is 16.5. The highest BCUT2D eigenvalue weighted by Crippen LogP contribution is 2.27. The van der Waals surface area contributed by atoms with Crippen molar-refractivity contribution in [3.05, 3.63) is 114 Å². The number of anilines is 1. The van der Waals surface area contributed by atoms with Gasteiger partial charge in [0.15, 0.2) is 0 Å². The minimum absolute atomic E-state index is 0.0559. The standard InChI is InChI=1S/C30H29NO3/c1-4-33-28-16-13-25-19-24(9-10-26(25)20-28)22(3)30(32)31-27-14-11-23(12-15-27)29-18-21(2)8-6-5-7-17-34-29/h5-16,18-20,22H,2,4,17H2,1,3H3,(H,31,32)/b7-5-,8-6-,29-18-. The molecule has 0 aromatic heterocycles. The maximum Gasteiger partial charge on any atom is 0.231 e. The second-order valence-corrected chi connectivity index (χ2v) is 8.17. The van der Waals surface area contributed by atoms with E-state index < -0.39 is 0 Å². The number of amides is 1. The summed E-state index contributed by atoms with van der Waals surface area (Å²) in [7, 11) is 0. The lowest BCUT2D eigenvalue weighted by Gasteiger charge is -2.15. The van der Waals surface area contributed by atoms with Gasteiger partial charge in [-0.1, -0.05) is 49.1 Å². The zero-order valence-corrected chi connectivity index (χ0v) is 19.6. The van der Waals surface area contributed by atoms with Crippen LogP contribution in [0.4, 0.5) is 5.69 Å². The van der Waals surface area contributed by atoms with Gasteiger partial charge in [-0.3, -0.25) is 4.79 Å². The van der Waals surface area contributed by atoms with Crippen LogP contribution in [0, 0.1) is 0 Å². The Balaban J connectivity index is 1.45. The Morgan fingerprint density at radius 1 is 1.06 bits per heavy atom. The van der Waals surface area contributed by atoms with Gasteiger partial charge in [0.1, 0.15) is 18.1 Å². The normalized spacial score (nSPS) is 17.8. The number of benzene rings is 3. The lowest BCUT2D eigenvalue weighted by Crippen LogP contribution is -2.18. The number of fused-ring (bicyclic) bond motifs is 1.